The fourth-order valence-electron chi connectivity index (χ4n) is 3.24. The molecular formula is C21H22F2N4O4. The van der Waals surface area contributed by atoms with E-state index in [1.54, 1.807) is 35.0 Å². The van der Waals surface area contributed by atoms with Crippen molar-refractivity contribution in [3.05, 3.63) is 42.2 Å². The van der Waals surface area contributed by atoms with E-state index in [0.29, 0.717) is 35.8 Å². The van der Waals surface area contributed by atoms with Crippen molar-refractivity contribution in [1.29, 1.82) is 0 Å². The van der Waals surface area contributed by atoms with Crippen molar-refractivity contribution in [2.75, 3.05) is 20.3 Å². The topological polar surface area (TPSA) is 100 Å². The van der Waals surface area contributed by atoms with Crippen LogP contribution in [0.15, 0.2) is 36.7 Å². The number of hydrogen-bond acceptors (Lipinski definition) is 6. The molecular weight excluding hydrogens is 410 g/mol. The minimum Gasteiger partial charge on any atom is -0.496 e. The molecule has 1 aliphatic carbocycles. The van der Waals surface area contributed by atoms with E-state index in [2.05, 4.69) is 15.0 Å². The number of halogens is 2. The van der Waals surface area contributed by atoms with Gasteiger partial charge in [0.15, 0.2) is 0 Å². The molecule has 1 amide bonds. The van der Waals surface area contributed by atoms with Gasteiger partial charge >= 0.3 is 6.61 Å². The number of nitrogens with two attached hydrogens (primary N) is 1. The molecule has 2 aromatic heterocycles. The van der Waals surface area contributed by atoms with Crippen molar-refractivity contribution in [1.82, 2.24) is 14.7 Å². The molecule has 0 bridgehead atoms. The van der Waals surface area contributed by atoms with E-state index in [1.165, 1.54) is 13.2 Å². The molecule has 1 aromatic carbocycles. The first-order valence-corrected chi connectivity index (χ1v) is 9.78. The predicted molar refractivity (Wildman–Crippen MR) is 109 cm³/mol. The van der Waals surface area contributed by atoms with Gasteiger partial charge in [0.1, 0.15) is 35.1 Å². The van der Waals surface area contributed by atoms with Gasteiger partial charge in [0.25, 0.3) is 5.91 Å². The van der Waals surface area contributed by atoms with Gasteiger partial charge in [0, 0.05) is 30.4 Å². The monoisotopic (exact) mass is 432 g/mol. The fourth-order valence-corrected chi connectivity index (χ4v) is 3.24. The summed E-state index contributed by atoms with van der Waals surface area (Å²) in [5.41, 5.74) is 7.09. The Bertz CT molecular complexity index is 1100. The lowest BCUT2D eigenvalue weighted by atomic mass is 10.1. The third kappa shape index (κ3) is 4.53. The smallest absolute Gasteiger partial charge is 0.387 e. The average Bonchev–Trinajstić information content (AvgIpc) is 3.46. The minimum atomic E-state index is -3.10. The number of nitrogens with one attached hydrogen (secondary N) is 1. The third-order valence-electron chi connectivity index (χ3n) is 4.81. The van der Waals surface area contributed by atoms with Crippen LogP contribution in [0.25, 0.3) is 16.9 Å². The number of nitrogens with zero attached hydrogens (tertiary/aromatic N) is 2. The fraction of sp³-hybridized carbons (Fsp3) is 0.333. The van der Waals surface area contributed by atoms with Crippen LogP contribution in [0.4, 0.5) is 8.78 Å². The number of alkyl halides is 2. The molecule has 1 aliphatic rings. The minimum absolute atomic E-state index is 0.0470. The number of pyridine rings is 1. The van der Waals surface area contributed by atoms with E-state index < -0.39 is 12.5 Å². The molecule has 0 saturated heterocycles. The van der Waals surface area contributed by atoms with E-state index in [9.17, 15) is 13.6 Å². The Morgan fingerprint density at radius 2 is 2.10 bits per heavy atom. The molecule has 164 valence electrons. The highest BCUT2D eigenvalue weighted by Gasteiger charge is 2.29. The summed E-state index contributed by atoms with van der Waals surface area (Å²) in [4.78, 5) is 17.0. The summed E-state index contributed by atoms with van der Waals surface area (Å²) in [6.07, 6.45) is 5.05. The molecule has 3 aromatic rings. The lowest BCUT2D eigenvalue weighted by Crippen LogP contribution is -2.26. The zero-order valence-electron chi connectivity index (χ0n) is 16.8. The second-order valence-electron chi connectivity index (χ2n) is 7.05. The number of methoxy groups -OCH3 is 1. The largest absolute Gasteiger partial charge is 0.496 e. The van der Waals surface area contributed by atoms with Crippen molar-refractivity contribution >= 4 is 11.6 Å². The Kier molecular flexibility index (Phi) is 5.90. The first-order valence-electron chi connectivity index (χ1n) is 9.78. The molecule has 1 saturated carbocycles. The standard InChI is InChI=1S/C21H22F2N4O4/c1-29-16-8-12(9-17(31-21(22)23)19(16)20(28)26-13-2-3-13)15-11-25-18-10-14(30-7-5-24)4-6-27(15)18/h4,6,8-11,13,21H,2-3,5,7,24H2,1H3,(H,26,28). The zero-order valence-corrected chi connectivity index (χ0v) is 16.8. The van der Waals surface area contributed by atoms with Gasteiger partial charge in [-0.25, -0.2) is 4.98 Å². The summed E-state index contributed by atoms with van der Waals surface area (Å²) < 4.78 is 43.5. The van der Waals surface area contributed by atoms with Crippen molar-refractivity contribution in [3.8, 4) is 28.5 Å². The molecule has 0 radical (unpaired) electrons. The van der Waals surface area contributed by atoms with Crippen LogP contribution in [-0.4, -0.2) is 48.2 Å². The molecule has 3 N–H and O–H groups in total. The van der Waals surface area contributed by atoms with Crippen molar-refractivity contribution in [3.63, 3.8) is 0 Å². The Hall–Kier alpha value is -3.40. The number of aromatic nitrogens is 2. The Labute approximate surface area is 176 Å². The first-order chi connectivity index (χ1) is 15.0. The summed E-state index contributed by atoms with van der Waals surface area (Å²) in [6, 6.07) is 6.52. The number of amides is 1. The maximum absolute atomic E-state index is 13.1. The molecule has 4 rings (SSSR count). The Balaban J connectivity index is 1.76. The maximum atomic E-state index is 13.1. The zero-order chi connectivity index (χ0) is 22.0. The van der Waals surface area contributed by atoms with Gasteiger partial charge in [0.2, 0.25) is 0 Å². The molecule has 8 nitrogen and oxygen atoms in total. The van der Waals surface area contributed by atoms with Crippen LogP contribution in [-0.2, 0) is 0 Å². The summed E-state index contributed by atoms with van der Waals surface area (Å²) in [6.45, 7) is -2.34. The number of hydrogen-bond donors (Lipinski definition) is 2. The Morgan fingerprint density at radius 3 is 2.77 bits per heavy atom. The number of carbonyl (C=O) groups excluding carboxylic acids is 1. The second-order valence-corrected chi connectivity index (χ2v) is 7.05. The first kappa shape index (κ1) is 20.9. The van der Waals surface area contributed by atoms with Gasteiger partial charge in [-0.3, -0.25) is 9.20 Å². The van der Waals surface area contributed by atoms with E-state index in [-0.39, 0.29) is 23.1 Å². The molecule has 0 unspecified atom stereocenters. The normalized spacial score (nSPS) is 13.5. The van der Waals surface area contributed by atoms with E-state index in [1.807, 2.05) is 0 Å². The van der Waals surface area contributed by atoms with Crippen LogP contribution in [0.3, 0.4) is 0 Å². The van der Waals surface area contributed by atoms with Gasteiger partial charge < -0.3 is 25.3 Å². The van der Waals surface area contributed by atoms with E-state index in [4.69, 9.17) is 15.2 Å². The molecule has 0 atom stereocenters. The van der Waals surface area contributed by atoms with Crippen LogP contribution >= 0.6 is 0 Å². The number of rotatable bonds is 9. The second kappa shape index (κ2) is 8.76. The lowest BCUT2D eigenvalue weighted by molar-refractivity contribution is -0.0502. The maximum Gasteiger partial charge on any atom is 0.387 e. The molecule has 0 aliphatic heterocycles. The number of benzene rings is 1. The Morgan fingerprint density at radius 1 is 1.32 bits per heavy atom. The molecule has 31 heavy (non-hydrogen) atoms. The molecule has 0 spiro atoms. The van der Waals surface area contributed by atoms with Gasteiger partial charge in [-0.15, -0.1) is 0 Å². The van der Waals surface area contributed by atoms with Crippen LogP contribution < -0.4 is 25.3 Å². The van der Waals surface area contributed by atoms with Crippen LogP contribution in [0.2, 0.25) is 0 Å². The van der Waals surface area contributed by atoms with E-state index in [0.717, 1.165) is 12.8 Å². The highest BCUT2D eigenvalue weighted by Crippen LogP contribution is 2.37. The van der Waals surface area contributed by atoms with Crippen LogP contribution in [0, 0.1) is 0 Å². The summed E-state index contributed by atoms with van der Waals surface area (Å²) in [5, 5.41) is 2.78. The quantitative estimate of drug-likeness (QED) is 0.539. The molecule has 10 heteroatoms. The summed E-state index contributed by atoms with van der Waals surface area (Å²) in [5.74, 6) is -0.0348. The SMILES string of the molecule is COc1cc(-c2cnc3cc(OCCN)ccn23)cc(OC(F)F)c1C(=O)NC1CC1. The number of fused-ring (bicyclic) bond motifs is 1. The number of ether oxygens (including phenoxy) is 3. The predicted octanol–water partition coefficient (Wildman–Crippen LogP) is 2.84. The number of imidazole rings is 1. The number of carbonyl (C=O) groups is 1. The van der Waals surface area contributed by atoms with Gasteiger partial charge in [-0.2, -0.15) is 8.78 Å². The van der Waals surface area contributed by atoms with Gasteiger partial charge in [0.05, 0.1) is 19.0 Å². The average molecular weight is 432 g/mol. The molecule has 2 heterocycles. The van der Waals surface area contributed by atoms with Gasteiger partial charge in [-0.1, -0.05) is 0 Å². The van der Waals surface area contributed by atoms with Crippen molar-refractivity contribution in [2.24, 2.45) is 5.73 Å². The van der Waals surface area contributed by atoms with E-state index >= 15 is 0 Å². The molecule has 1 fully saturated rings. The third-order valence-corrected chi connectivity index (χ3v) is 4.81. The van der Waals surface area contributed by atoms with Crippen molar-refractivity contribution < 1.29 is 27.8 Å². The van der Waals surface area contributed by atoms with Crippen molar-refractivity contribution in [2.45, 2.75) is 25.5 Å². The summed E-state index contributed by atoms with van der Waals surface area (Å²) in [7, 11) is 1.37. The van der Waals surface area contributed by atoms with Gasteiger partial charge in [-0.05, 0) is 31.0 Å². The van der Waals surface area contributed by atoms with Crippen LogP contribution in [0.1, 0.15) is 23.2 Å². The van der Waals surface area contributed by atoms with Crippen LogP contribution in [0.5, 0.6) is 17.2 Å². The highest BCUT2D eigenvalue weighted by molar-refractivity contribution is 6.01. The highest BCUT2D eigenvalue weighted by atomic mass is 19.3. The summed E-state index contributed by atoms with van der Waals surface area (Å²) >= 11 is 0. The lowest BCUT2D eigenvalue weighted by Gasteiger charge is -2.16.